The van der Waals surface area contributed by atoms with E-state index in [1.807, 2.05) is 6.07 Å². The van der Waals surface area contributed by atoms with E-state index in [0.29, 0.717) is 21.3 Å². The number of halogens is 2. The van der Waals surface area contributed by atoms with Crippen LogP contribution in [0.2, 0.25) is 10.0 Å². The number of thioether (sulfide) groups is 1. The molecule has 0 bridgehead atoms. The van der Waals surface area contributed by atoms with E-state index in [9.17, 15) is 9.59 Å². The molecule has 0 radical (unpaired) electrons. The molecule has 1 amide bonds. The normalized spacial score (nSPS) is 10.5. The fourth-order valence-corrected chi connectivity index (χ4v) is 3.56. The zero-order valence-electron chi connectivity index (χ0n) is 13.4. The summed E-state index contributed by atoms with van der Waals surface area (Å²) in [6.07, 6.45) is 1.44. The highest BCUT2D eigenvalue weighted by atomic mass is 35.5. The first kappa shape index (κ1) is 18.6. The Labute approximate surface area is 164 Å². The number of carbonyl (C=O) groups excluding carboxylic acids is 2. The summed E-state index contributed by atoms with van der Waals surface area (Å²) in [5, 5.41) is 3.57. The molecule has 0 fully saturated rings. The van der Waals surface area contributed by atoms with Crippen LogP contribution < -0.4 is 5.32 Å². The lowest BCUT2D eigenvalue weighted by Gasteiger charge is -2.07. The van der Waals surface area contributed by atoms with Crippen LogP contribution in [0.25, 0.3) is 0 Å². The van der Waals surface area contributed by atoms with Crippen molar-refractivity contribution in [2.24, 2.45) is 0 Å². The summed E-state index contributed by atoms with van der Waals surface area (Å²) in [6, 6.07) is 15.3. The highest BCUT2D eigenvalue weighted by Crippen LogP contribution is 2.26. The van der Waals surface area contributed by atoms with Gasteiger partial charge in [-0.3, -0.25) is 9.59 Å². The van der Waals surface area contributed by atoms with Crippen molar-refractivity contribution >= 4 is 52.3 Å². The Kier molecular flexibility index (Phi) is 6.04. The number of Topliss-reactive ketones (excluding diaryl/α,β-unsaturated/α-hetero) is 1. The fourth-order valence-electron chi connectivity index (χ4n) is 2.21. The lowest BCUT2D eigenvalue weighted by Crippen LogP contribution is -2.10. The van der Waals surface area contributed by atoms with E-state index in [-0.39, 0.29) is 23.2 Å². The third-order valence-corrected chi connectivity index (χ3v) is 4.98. The van der Waals surface area contributed by atoms with E-state index in [4.69, 9.17) is 27.6 Å². The van der Waals surface area contributed by atoms with Gasteiger partial charge < -0.3 is 9.73 Å². The number of nitrogens with one attached hydrogen (secondary N) is 1. The molecule has 0 unspecified atom stereocenters. The van der Waals surface area contributed by atoms with Crippen molar-refractivity contribution in [3.8, 4) is 0 Å². The summed E-state index contributed by atoms with van der Waals surface area (Å²) < 4.78 is 5.06. The lowest BCUT2D eigenvalue weighted by atomic mass is 10.1. The molecular formula is C19H13Cl2NO3S. The van der Waals surface area contributed by atoms with Gasteiger partial charge in [0.05, 0.1) is 17.0 Å². The van der Waals surface area contributed by atoms with Crippen LogP contribution in [0.1, 0.15) is 20.9 Å². The summed E-state index contributed by atoms with van der Waals surface area (Å²) in [5.41, 5.74) is 1.05. The van der Waals surface area contributed by atoms with E-state index in [0.717, 1.165) is 4.90 Å². The number of furan rings is 1. The van der Waals surface area contributed by atoms with Crippen LogP contribution in [0.5, 0.6) is 0 Å². The SMILES string of the molecule is O=C(Nc1cccc(SCC(=O)c2ccc(Cl)cc2Cl)c1)c1ccco1. The monoisotopic (exact) mass is 405 g/mol. The number of hydrogen-bond acceptors (Lipinski definition) is 4. The van der Waals surface area contributed by atoms with Gasteiger partial charge >= 0.3 is 0 Å². The lowest BCUT2D eigenvalue weighted by molar-refractivity contribution is 0.0994. The standard InChI is InChI=1S/C19H13Cl2NO3S/c20-12-6-7-15(16(21)9-12)17(23)11-26-14-4-1-3-13(10-14)22-19(24)18-5-2-8-25-18/h1-10H,11H2,(H,22,24). The molecule has 2 aromatic carbocycles. The van der Waals surface area contributed by atoms with E-state index in [2.05, 4.69) is 5.32 Å². The Hall–Kier alpha value is -2.21. The third kappa shape index (κ3) is 4.69. The second-order valence-corrected chi connectivity index (χ2v) is 7.19. The first-order valence-electron chi connectivity index (χ1n) is 7.59. The van der Waals surface area contributed by atoms with Crippen LogP contribution in [0, 0.1) is 0 Å². The maximum Gasteiger partial charge on any atom is 0.291 e. The zero-order chi connectivity index (χ0) is 18.5. The topological polar surface area (TPSA) is 59.3 Å². The molecule has 0 aliphatic rings. The summed E-state index contributed by atoms with van der Waals surface area (Å²) in [6.45, 7) is 0. The van der Waals surface area contributed by atoms with Crippen LogP contribution in [0.15, 0.2) is 70.2 Å². The highest BCUT2D eigenvalue weighted by molar-refractivity contribution is 8.00. The number of ketones is 1. The number of hydrogen-bond donors (Lipinski definition) is 1. The van der Waals surface area contributed by atoms with Gasteiger partial charge in [0.15, 0.2) is 11.5 Å². The van der Waals surface area contributed by atoms with Gasteiger partial charge in [0.1, 0.15) is 0 Å². The van der Waals surface area contributed by atoms with E-state index < -0.39 is 0 Å². The van der Waals surface area contributed by atoms with Gasteiger partial charge in [0, 0.05) is 21.2 Å². The molecule has 3 aromatic rings. The molecule has 1 aromatic heterocycles. The molecule has 1 heterocycles. The van der Waals surface area contributed by atoms with Crippen LogP contribution in [-0.4, -0.2) is 17.4 Å². The summed E-state index contributed by atoms with van der Waals surface area (Å²) >= 11 is 13.3. The molecule has 0 spiro atoms. The third-order valence-electron chi connectivity index (χ3n) is 3.44. The molecule has 0 aliphatic heterocycles. The van der Waals surface area contributed by atoms with Crippen molar-refractivity contribution in [2.45, 2.75) is 4.90 Å². The Bertz CT molecular complexity index is 942. The largest absolute Gasteiger partial charge is 0.459 e. The van der Waals surface area contributed by atoms with Crippen LogP contribution in [-0.2, 0) is 0 Å². The maximum atomic E-state index is 12.3. The quantitative estimate of drug-likeness (QED) is 0.414. The van der Waals surface area contributed by atoms with Crippen molar-refractivity contribution in [2.75, 3.05) is 11.1 Å². The maximum absolute atomic E-state index is 12.3. The molecule has 0 saturated heterocycles. The Morgan fingerprint density at radius 3 is 2.62 bits per heavy atom. The zero-order valence-corrected chi connectivity index (χ0v) is 15.7. The molecular weight excluding hydrogens is 393 g/mol. The second kappa shape index (κ2) is 8.45. The average molecular weight is 406 g/mol. The first-order valence-corrected chi connectivity index (χ1v) is 9.33. The summed E-state index contributed by atoms with van der Waals surface area (Å²) in [7, 11) is 0. The average Bonchev–Trinajstić information content (AvgIpc) is 3.15. The van der Waals surface area contributed by atoms with Gasteiger partial charge in [0.25, 0.3) is 5.91 Å². The van der Waals surface area contributed by atoms with Gasteiger partial charge in [-0.05, 0) is 48.5 Å². The van der Waals surface area contributed by atoms with Gasteiger partial charge in [0.2, 0.25) is 0 Å². The number of rotatable bonds is 6. The smallest absolute Gasteiger partial charge is 0.291 e. The molecule has 0 aliphatic carbocycles. The predicted molar refractivity (Wildman–Crippen MR) is 105 cm³/mol. The summed E-state index contributed by atoms with van der Waals surface area (Å²) in [4.78, 5) is 25.2. The van der Waals surface area contributed by atoms with E-state index >= 15 is 0 Å². The fraction of sp³-hybridized carbons (Fsp3) is 0.0526. The Balaban J connectivity index is 1.63. The van der Waals surface area contributed by atoms with Crippen LogP contribution >= 0.6 is 35.0 Å². The summed E-state index contributed by atoms with van der Waals surface area (Å²) in [5.74, 6) is 0.0233. The Morgan fingerprint density at radius 1 is 1.04 bits per heavy atom. The number of benzene rings is 2. The van der Waals surface area contributed by atoms with Crippen molar-refractivity contribution in [1.82, 2.24) is 0 Å². The van der Waals surface area contributed by atoms with Crippen LogP contribution in [0.3, 0.4) is 0 Å². The minimum Gasteiger partial charge on any atom is -0.459 e. The van der Waals surface area contributed by atoms with E-state index in [1.165, 1.54) is 18.0 Å². The van der Waals surface area contributed by atoms with E-state index in [1.54, 1.807) is 48.5 Å². The highest BCUT2D eigenvalue weighted by Gasteiger charge is 2.12. The minimum absolute atomic E-state index is 0.0957. The minimum atomic E-state index is -0.332. The number of amides is 1. The predicted octanol–water partition coefficient (Wildman–Crippen LogP) is 5.81. The van der Waals surface area contributed by atoms with Crippen molar-refractivity contribution < 1.29 is 14.0 Å². The Morgan fingerprint density at radius 2 is 1.88 bits per heavy atom. The molecule has 3 rings (SSSR count). The van der Waals surface area contributed by atoms with Gasteiger partial charge in [-0.1, -0.05) is 29.3 Å². The number of carbonyl (C=O) groups is 2. The molecule has 1 N–H and O–H groups in total. The molecule has 0 atom stereocenters. The molecule has 26 heavy (non-hydrogen) atoms. The van der Waals surface area contributed by atoms with Crippen molar-refractivity contribution in [1.29, 1.82) is 0 Å². The van der Waals surface area contributed by atoms with Gasteiger partial charge in [-0.2, -0.15) is 0 Å². The van der Waals surface area contributed by atoms with Crippen molar-refractivity contribution in [3.63, 3.8) is 0 Å². The first-order chi connectivity index (χ1) is 12.5. The molecule has 4 nitrogen and oxygen atoms in total. The molecule has 7 heteroatoms. The second-order valence-electron chi connectivity index (χ2n) is 5.30. The van der Waals surface area contributed by atoms with Gasteiger partial charge in [-0.25, -0.2) is 0 Å². The van der Waals surface area contributed by atoms with Crippen molar-refractivity contribution in [3.05, 3.63) is 82.2 Å². The molecule has 132 valence electrons. The van der Waals surface area contributed by atoms with Crippen LogP contribution in [0.4, 0.5) is 5.69 Å². The molecule has 0 saturated carbocycles. The number of anilines is 1. The van der Waals surface area contributed by atoms with Gasteiger partial charge in [-0.15, -0.1) is 11.8 Å².